The molecule has 2 aromatic heterocycles. The topological polar surface area (TPSA) is 129 Å². The minimum absolute atomic E-state index is 0. The number of carbonyl (C=O) groups excluding carboxylic acids is 2. The standard InChI is InChI=1S/C51H68N4O5.Mg/c1-12-28(4)17-15-18-29(5)19-16-20-30(6)23-24-60-44(56)22-21-37-33(9)40-25-38-31(7)35(13-2)42(52-38)26-39-32(8)36(14-3)43(53-39)27-41-34(10)45-49(55-41)46(48(37)54-40)47(50(45)57)51(58)59-11;/h23,25-29,33,35,47,50,57H,12-22,24H2,1-11H3;/q-4;+2/b30-23-,40-25-,41-27-,42-26-;/t28-,29+,33+,35-,47-,50+;/m1./s1. The molecule has 0 saturated carbocycles. The zero-order chi connectivity index (χ0) is 43.4. The molecule has 4 aliphatic rings. The Morgan fingerprint density at radius 1 is 0.902 bits per heavy atom. The second-order valence-electron chi connectivity index (χ2n) is 17.9. The minimum atomic E-state index is -1.18. The third-order valence-electron chi connectivity index (χ3n) is 13.8. The van der Waals surface area contributed by atoms with Crippen molar-refractivity contribution in [2.45, 2.75) is 146 Å². The summed E-state index contributed by atoms with van der Waals surface area (Å²) in [7, 11) is 1.34. The average molecular weight is 841 g/mol. The quantitative estimate of drug-likeness (QED) is 0.0954. The van der Waals surface area contributed by atoms with Gasteiger partial charge in [0.15, 0.2) is 0 Å². The first-order valence-corrected chi connectivity index (χ1v) is 22.7. The molecule has 10 heteroatoms. The molecule has 0 amide bonds. The van der Waals surface area contributed by atoms with Gasteiger partial charge in [-0.2, -0.15) is 11.4 Å². The van der Waals surface area contributed by atoms with Crippen LogP contribution in [-0.2, 0) is 25.5 Å². The number of carbonyl (C=O) groups is 2. The van der Waals surface area contributed by atoms with Crippen LogP contribution in [0.3, 0.4) is 0 Å². The molecule has 0 spiro atoms. The van der Waals surface area contributed by atoms with Crippen molar-refractivity contribution in [3.8, 4) is 0 Å². The van der Waals surface area contributed by atoms with Crippen LogP contribution in [0, 0.1) is 43.4 Å². The van der Waals surface area contributed by atoms with Gasteiger partial charge in [0, 0.05) is 6.42 Å². The molecule has 6 rings (SSSR count). The van der Waals surface area contributed by atoms with E-state index < -0.39 is 18.0 Å². The minimum Gasteiger partial charge on any atom is -0.661 e. The fraction of sp³-hybridized carbons (Fsp3) is 0.569. The summed E-state index contributed by atoms with van der Waals surface area (Å²) in [4.78, 5) is 37.2. The van der Waals surface area contributed by atoms with E-state index in [0.717, 1.165) is 88.3 Å². The number of hydrogen-bond donors (Lipinski definition) is 1. The largest absolute Gasteiger partial charge is 2.00 e. The molecule has 1 aliphatic carbocycles. The van der Waals surface area contributed by atoms with E-state index in [2.05, 4.69) is 74.5 Å². The van der Waals surface area contributed by atoms with Gasteiger partial charge in [-0.15, -0.1) is 33.5 Å². The summed E-state index contributed by atoms with van der Waals surface area (Å²) >= 11 is 0. The van der Waals surface area contributed by atoms with Gasteiger partial charge < -0.3 is 35.2 Å². The number of fused-ring (bicyclic) bond motifs is 8. The second kappa shape index (κ2) is 21.1. The summed E-state index contributed by atoms with van der Waals surface area (Å²) in [6.07, 6.45) is 17.8. The molecule has 5 heterocycles. The van der Waals surface area contributed by atoms with Gasteiger partial charge in [0.05, 0.1) is 13.2 Å². The molecule has 6 atom stereocenters. The first-order valence-electron chi connectivity index (χ1n) is 22.7. The molecule has 0 saturated heterocycles. The molecular formula is C51H68MgN4O5-2. The number of aliphatic hydroxyl groups excluding tert-OH is 1. The maximum Gasteiger partial charge on any atom is 2.00 e. The van der Waals surface area contributed by atoms with Gasteiger partial charge in [-0.25, -0.2) is 0 Å². The van der Waals surface area contributed by atoms with Gasteiger partial charge in [-0.1, -0.05) is 131 Å². The second-order valence-corrected chi connectivity index (χ2v) is 17.9. The number of esters is 2. The van der Waals surface area contributed by atoms with Crippen molar-refractivity contribution in [2.24, 2.45) is 29.6 Å². The third-order valence-corrected chi connectivity index (χ3v) is 13.8. The predicted molar refractivity (Wildman–Crippen MR) is 247 cm³/mol. The van der Waals surface area contributed by atoms with Crippen molar-refractivity contribution >= 4 is 52.7 Å². The Morgan fingerprint density at radius 2 is 1.62 bits per heavy atom. The van der Waals surface area contributed by atoms with Gasteiger partial charge in [-0.3, -0.25) is 9.59 Å². The molecule has 9 nitrogen and oxygen atoms in total. The van der Waals surface area contributed by atoms with Crippen molar-refractivity contribution in [3.05, 3.63) is 107 Å². The Bertz CT molecular complexity index is 2250. The van der Waals surface area contributed by atoms with E-state index in [4.69, 9.17) is 30.1 Å². The smallest absolute Gasteiger partial charge is 0.661 e. The number of ether oxygens (including phenoxy) is 2. The van der Waals surface area contributed by atoms with Crippen LogP contribution in [0.1, 0.15) is 159 Å². The maximum atomic E-state index is 13.6. The number of rotatable bonds is 17. The summed E-state index contributed by atoms with van der Waals surface area (Å²) in [6, 6.07) is 0. The number of methoxy groups -OCH3 is 1. The number of aromatic nitrogens is 2. The number of allylic oxidation sites excluding steroid dienone is 5. The first-order chi connectivity index (χ1) is 28.7. The number of aliphatic hydroxyl groups is 1. The molecule has 0 unspecified atom stereocenters. The fourth-order valence-corrected chi connectivity index (χ4v) is 9.62. The maximum absolute atomic E-state index is 13.6. The summed E-state index contributed by atoms with van der Waals surface area (Å²) in [5, 5.41) is 23.6. The van der Waals surface area contributed by atoms with Crippen molar-refractivity contribution in [1.82, 2.24) is 9.97 Å². The number of nitrogens with zero attached hydrogens (tertiary/aromatic N) is 4. The zero-order valence-corrected chi connectivity index (χ0v) is 40.2. The molecule has 326 valence electrons. The average Bonchev–Trinajstić information content (AvgIpc) is 3.97. The predicted octanol–water partition coefficient (Wildman–Crippen LogP) is 9.71. The van der Waals surface area contributed by atoms with Crippen LogP contribution in [0.5, 0.6) is 0 Å². The van der Waals surface area contributed by atoms with E-state index in [0.29, 0.717) is 34.0 Å². The summed E-state index contributed by atoms with van der Waals surface area (Å²) in [5.74, 6) is -0.405. The van der Waals surface area contributed by atoms with E-state index in [-0.39, 0.29) is 53.9 Å². The van der Waals surface area contributed by atoms with Crippen molar-refractivity contribution in [3.63, 3.8) is 0 Å². The van der Waals surface area contributed by atoms with Crippen LogP contribution in [0.25, 0.3) is 28.4 Å². The SMILES string of the molecule is CCc1c2[n-]c(c1C)/C=C1\[N-]C(=C(C)[C@H]1CC)/C=C1\[N-]C(=C(CCC(=O)OC/C=C(/C)CCC[C@@H](C)CCC[C@H](C)CC)[C@@H]1C)C1=c3[n-]/c(c(C)c3[C@H](O)[C@@H]1C(=O)OC)=C\2.[Mg+2]. The van der Waals surface area contributed by atoms with Gasteiger partial charge in [0.1, 0.15) is 12.5 Å². The normalized spacial score (nSPS) is 23.9. The summed E-state index contributed by atoms with van der Waals surface area (Å²) < 4.78 is 11.1. The fourth-order valence-electron chi connectivity index (χ4n) is 9.62. The van der Waals surface area contributed by atoms with Crippen LogP contribution in [0.15, 0.2) is 51.7 Å². The number of hydrogen-bond acceptors (Lipinski definition) is 5. The zero-order valence-electron chi connectivity index (χ0n) is 38.8. The van der Waals surface area contributed by atoms with E-state index >= 15 is 0 Å². The third kappa shape index (κ3) is 10.2. The first kappa shape index (κ1) is 48.3. The molecule has 0 radical (unpaired) electrons. The molecule has 0 fully saturated rings. The molecule has 2 aromatic rings. The van der Waals surface area contributed by atoms with Crippen LogP contribution in [-0.4, -0.2) is 53.8 Å². The van der Waals surface area contributed by atoms with E-state index in [1.807, 2.05) is 19.1 Å². The Kier molecular flexibility index (Phi) is 16.7. The van der Waals surface area contributed by atoms with Crippen LogP contribution < -0.4 is 20.7 Å². The van der Waals surface area contributed by atoms with Gasteiger partial charge in [0.2, 0.25) is 0 Å². The molecule has 0 aromatic carbocycles. The molecule has 3 aliphatic heterocycles. The molecular weight excluding hydrogens is 773 g/mol. The van der Waals surface area contributed by atoms with Gasteiger partial charge in [-0.05, 0) is 95.1 Å². The van der Waals surface area contributed by atoms with E-state index in [1.165, 1.54) is 50.4 Å². The van der Waals surface area contributed by atoms with Crippen LogP contribution in [0.2, 0.25) is 0 Å². The summed E-state index contributed by atoms with van der Waals surface area (Å²) in [5.41, 5.74) is 12.4. The molecule has 8 bridgehead atoms. The Balaban J connectivity index is 0.00000704. The Morgan fingerprint density at radius 3 is 2.31 bits per heavy atom. The van der Waals surface area contributed by atoms with Crippen LogP contribution >= 0.6 is 0 Å². The Labute approximate surface area is 380 Å². The molecule has 61 heavy (non-hydrogen) atoms. The summed E-state index contributed by atoms with van der Waals surface area (Å²) in [6.45, 7) is 21.9. The van der Waals surface area contributed by atoms with E-state index in [1.54, 1.807) is 0 Å². The monoisotopic (exact) mass is 841 g/mol. The van der Waals surface area contributed by atoms with Gasteiger partial charge in [0.25, 0.3) is 0 Å². The van der Waals surface area contributed by atoms with E-state index in [9.17, 15) is 14.7 Å². The molecule has 1 N–H and O–H groups in total. The Hall–Kier alpha value is -3.73. The van der Waals surface area contributed by atoms with Crippen LogP contribution in [0.4, 0.5) is 0 Å². The van der Waals surface area contributed by atoms with Crippen molar-refractivity contribution in [2.75, 3.05) is 13.7 Å². The van der Waals surface area contributed by atoms with Crippen molar-refractivity contribution in [1.29, 1.82) is 0 Å². The van der Waals surface area contributed by atoms with Gasteiger partial charge >= 0.3 is 35.0 Å². The van der Waals surface area contributed by atoms with Crippen molar-refractivity contribution < 1.29 is 24.2 Å².